The summed E-state index contributed by atoms with van der Waals surface area (Å²) in [4.78, 5) is 17.8. The summed E-state index contributed by atoms with van der Waals surface area (Å²) in [6, 6.07) is 17.6. The molecule has 0 bridgehead atoms. The quantitative estimate of drug-likeness (QED) is 0.553. The Kier molecular flexibility index (Phi) is 3.83. The first-order valence-electron chi connectivity index (χ1n) is 9.13. The number of aromatic nitrogens is 4. The molecule has 4 aromatic rings. The zero-order valence-electron chi connectivity index (χ0n) is 15.4. The third kappa shape index (κ3) is 2.62. The van der Waals surface area contributed by atoms with Crippen LogP contribution in [0, 0.1) is 0 Å². The number of methoxy groups -OCH3 is 1. The molecule has 0 radical (unpaired) electrons. The second kappa shape index (κ2) is 6.49. The average molecular weight is 370 g/mol. The highest BCUT2D eigenvalue weighted by molar-refractivity contribution is 5.84. The Balaban J connectivity index is 1.65. The highest BCUT2D eigenvalue weighted by Crippen LogP contribution is 2.28. The fourth-order valence-corrected chi connectivity index (χ4v) is 3.60. The molecule has 0 saturated heterocycles. The van der Waals surface area contributed by atoms with E-state index < -0.39 is 0 Å². The topological polar surface area (TPSA) is 61.9 Å². The summed E-state index contributed by atoms with van der Waals surface area (Å²) in [6.07, 6.45) is 4.47. The van der Waals surface area contributed by atoms with Gasteiger partial charge < -0.3 is 4.74 Å². The van der Waals surface area contributed by atoms with Crippen molar-refractivity contribution in [2.75, 3.05) is 7.11 Å². The summed E-state index contributed by atoms with van der Waals surface area (Å²) in [7, 11) is 1.65. The van der Waals surface area contributed by atoms with Gasteiger partial charge in [0.1, 0.15) is 17.0 Å². The van der Waals surface area contributed by atoms with Crippen LogP contribution in [0.1, 0.15) is 17.8 Å². The molecule has 0 amide bonds. The number of allylic oxidation sites excluding steroid dienone is 1. The van der Waals surface area contributed by atoms with E-state index in [1.165, 1.54) is 0 Å². The van der Waals surface area contributed by atoms with Crippen LogP contribution in [-0.2, 0) is 6.54 Å². The van der Waals surface area contributed by atoms with Crippen molar-refractivity contribution in [3.8, 4) is 11.4 Å². The maximum atomic E-state index is 13.0. The van der Waals surface area contributed by atoms with E-state index in [1.54, 1.807) is 22.6 Å². The fraction of sp³-hybridized carbons (Fsp3) is 0.136. The van der Waals surface area contributed by atoms with Crippen LogP contribution >= 0.6 is 0 Å². The van der Waals surface area contributed by atoms with Gasteiger partial charge in [-0.1, -0.05) is 30.3 Å². The molecule has 1 aliphatic rings. The van der Waals surface area contributed by atoms with Gasteiger partial charge in [0.2, 0.25) is 0 Å². The molecule has 0 unspecified atom stereocenters. The highest BCUT2D eigenvalue weighted by Gasteiger charge is 2.23. The minimum absolute atomic E-state index is 0.0414. The third-order valence-corrected chi connectivity index (χ3v) is 5.04. The Morgan fingerprint density at radius 2 is 1.86 bits per heavy atom. The van der Waals surface area contributed by atoms with Crippen LogP contribution < -0.4 is 10.3 Å². The van der Waals surface area contributed by atoms with Gasteiger partial charge in [0.25, 0.3) is 5.56 Å². The summed E-state index contributed by atoms with van der Waals surface area (Å²) in [6.45, 7) is 0.635. The number of hydrogen-bond donors (Lipinski definition) is 0. The lowest BCUT2D eigenvalue weighted by Gasteiger charge is -2.06. The molecule has 3 heterocycles. The van der Waals surface area contributed by atoms with E-state index in [1.807, 2.05) is 54.6 Å². The van der Waals surface area contributed by atoms with Crippen LogP contribution in [0.2, 0.25) is 0 Å². The Morgan fingerprint density at radius 1 is 1.07 bits per heavy atom. The molecule has 138 valence electrons. The zero-order valence-corrected chi connectivity index (χ0v) is 15.4. The van der Waals surface area contributed by atoms with Crippen LogP contribution in [-0.4, -0.2) is 26.4 Å². The van der Waals surface area contributed by atoms with E-state index in [4.69, 9.17) is 9.72 Å². The van der Waals surface area contributed by atoms with Gasteiger partial charge >= 0.3 is 0 Å². The summed E-state index contributed by atoms with van der Waals surface area (Å²) in [5.41, 5.74) is 3.53. The summed E-state index contributed by atoms with van der Waals surface area (Å²) in [5, 5.41) is 4.94. The standard InChI is InChI=1S/C22H18N4O2/c1-28-18-9-7-15(8-10-18)13-16-11-12-25-20(16)24-21-19(22(25)27)14-23-26(21)17-5-3-2-4-6-17/h2-10,13-14H,11-12H2,1H3/b16-13+. The molecule has 0 saturated carbocycles. The first-order valence-corrected chi connectivity index (χ1v) is 9.13. The number of hydrogen-bond acceptors (Lipinski definition) is 4. The van der Waals surface area contributed by atoms with Crippen LogP contribution in [0.5, 0.6) is 5.75 Å². The van der Waals surface area contributed by atoms with Gasteiger partial charge in [-0.3, -0.25) is 9.36 Å². The van der Waals surface area contributed by atoms with E-state index in [0.717, 1.165) is 29.0 Å². The monoisotopic (exact) mass is 370 g/mol. The molecule has 2 aromatic heterocycles. The van der Waals surface area contributed by atoms with Gasteiger partial charge in [-0.2, -0.15) is 5.10 Å². The predicted molar refractivity (Wildman–Crippen MR) is 109 cm³/mol. The van der Waals surface area contributed by atoms with Gasteiger partial charge in [-0.15, -0.1) is 0 Å². The van der Waals surface area contributed by atoms with Crippen LogP contribution in [0.15, 0.2) is 65.6 Å². The molecule has 1 aliphatic heterocycles. The molecule has 0 spiro atoms. The van der Waals surface area contributed by atoms with Crippen molar-refractivity contribution in [1.82, 2.24) is 19.3 Å². The van der Waals surface area contributed by atoms with Crippen molar-refractivity contribution < 1.29 is 4.74 Å². The number of para-hydroxylation sites is 1. The molecule has 0 N–H and O–H groups in total. The lowest BCUT2D eigenvalue weighted by molar-refractivity contribution is 0.415. The lowest BCUT2D eigenvalue weighted by atomic mass is 10.1. The largest absolute Gasteiger partial charge is 0.497 e. The molecule has 5 rings (SSSR count). The third-order valence-electron chi connectivity index (χ3n) is 5.04. The molecule has 0 fully saturated rings. The minimum atomic E-state index is -0.0414. The molecule has 2 aromatic carbocycles. The van der Waals surface area contributed by atoms with Crippen molar-refractivity contribution in [3.05, 3.63) is 82.5 Å². The van der Waals surface area contributed by atoms with Crippen LogP contribution in [0.3, 0.4) is 0 Å². The maximum absolute atomic E-state index is 13.0. The van der Waals surface area contributed by atoms with Crippen molar-refractivity contribution in [3.63, 3.8) is 0 Å². The fourth-order valence-electron chi connectivity index (χ4n) is 3.60. The van der Waals surface area contributed by atoms with Gasteiger partial charge in [-0.05, 0) is 47.9 Å². The van der Waals surface area contributed by atoms with Crippen LogP contribution in [0.25, 0.3) is 28.4 Å². The van der Waals surface area contributed by atoms with Crippen molar-refractivity contribution in [2.24, 2.45) is 0 Å². The second-order valence-corrected chi connectivity index (χ2v) is 6.71. The Hall–Kier alpha value is -3.67. The molecular weight excluding hydrogens is 352 g/mol. The smallest absolute Gasteiger partial charge is 0.264 e. The molecule has 0 aliphatic carbocycles. The van der Waals surface area contributed by atoms with Gasteiger partial charge in [-0.25, -0.2) is 9.67 Å². The number of ether oxygens (including phenoxy) is 1. The number of rotatable bonds is 3. The molecule has 6 heteroatoms. The predicted octanol–water partition coefficient (Wildman–Crippen LogP) is 3.54. The Bertz CT molecular complexity index is 1250. The van der Waals surface area contributed by atoms with E-state index >= 15 is 0 Å². The van der Waals surface area contributed by atoms with E-state index in [9.17, 15) is 4.79 Å². The molecule has 0 atom stereocenters. The first kappa shape index (κ1) is 16.5. The number of nitrogens with zero attached hydrogens (tertiary/aromatic N) is 4. The Morgan fingerprint density at radius 3 is 2.61 bits per heavy atom. The zero-order chi connectivity index (χ0) is 19.1. The Labute approximate surface area is 161 Å². The second-order valence-electron chi connectivity index (χ2n) is 6.71. The lowest BCUT2D eigenvalue weighted by Crippen LogP contribution is -2.20. The average Bonchev–Trinajstić information content (AvgIpc) is 3.35. The van der Waals surface area contributed by atoms with Gasteiger partial charge in [0.05, 0.1) is 19.0 Å². The summed E-state index contributed by atoms with van der Waals surface area (Å²) < 4.78 is 8.69. The van der Waals surface area contributed by atoms with Gasteiger partial charge in [0, 0.05) is 6.54 Å². The van der Waals surface area contributed by atoms with Crippen molar-refractivity contribution in [2.45, 2.75) is 13.0 Å². The molecule has 6 nitrogen and oxygen atoms in total. The van der Waals surface area contributed by atoms with E-state index in [2.05, 4.69) is 11.2 Å². The van der Waals surface area contributed by atoms with E-state index in [-0.39, 0.29) is 5.56 Å². The van der Waals surface area contributed by atoms with Gasteiger partial charge in [0.15, 0.2) is 5.65 Å². The minimum Gasteiger partial charge on any atom is -0.497 e. The highest BCUT2D eigenvalue weighted by atomic mass is 16.5. The number of fused-ring (bicyclic) bond motifs is 2. The molecule has 28 heavy (non-hydrogen) atoms. The number of benzene rings is 2. The normalized spacial score (nSPS) is 14.5. The first-order chi connectivity index (χ1) is 13.7. The van der Waals surface area contributed by atoms with E-state index in [0.29, 0.717) is 23.4 Å². The maximum Gasteiger partial charge on any atom is 0.264 e. The SMILES string of the molecule is COc1ccc(/C=C2\CCn3c2nc2c(cnn2-c2ccccc2)c3=O)cc1. The summed E-state index contributed by atoms with van der Waals surface area (Å²) in [5.74, 6) is 1.53. The van der Waals surface area contributed by atoms with Crippen molar-refractivity contribution in [1.29, 1.82) is 0 Å². The molecular formula is C22H18N4O2. The van der Waals surface area contributed by atoms with Crippen molar-refractivity contribution >= 4 is 22.7 Å². The summed E-state index contributed by atoms with van der Waals surface area (Å²) >= 11 is 0. The van der Waals surface area contributed by atoms with Crippen LogP contribution in [0.4, 0.5) is 0 Å².